The van der Waals surface area contributed by atoms with Crippen LogP contribution in [0.5, 0.6) is 0 Å². The summed E-state index contributed by atoms with van der Waals surface area (Å²) in [6, 6.07) is 9.91. The van der Waals surface area contributed by atoms with Crippen LogP contribution in [0.2, 0.25) is 5.02 Å². The molecule has 2 rings (SSSR count). The van der Waals surface area contributed by atoms with E-state index in [1.807, 2.05) is 0 Å². The van der Waals surface area contributed by atoms with Gasteiger partial charge in [-0.15, -0.1) is 0 Å². The lowest BCUT2D eigenvalue weighted by molar-refractivity contribution is -0.384. The highest BCUT2D eigenvalue weighted by atomic mass is 79.9. The van der Waals surface area contributed by atoms with Gasteiger partial charge in [0.1, 0.15) is 6.04 Å². The van der Waals surface area contributed by atoms with Crippen LogP contribution in [0.1, 0.15) is 11.1 Å². The van der Waals surface area contributed by atoms with Gasteiger partial charge in [0.25, 0.3) is 5.69 Å². The molecule has 2 aromatic rings. The molecule has 0 fully saturated rings. The maximum Gasteiger partial charge on any atom is 0.269 e. The smallest absolute Gasteiger partial charge is 0.269 e. The van der Waals surface area contributed by atoms with E-state index < -0.39 is 22.8 Å². The van der Waals surface area contributed by atoms with Crippen molar-refractivity contribution in [3.05, 3.63) is 73.2 Å². The highest BCUT2D eigenvalue weighted by Crippen LogP contribution is 2.22. The summed E-state index contributed by atoms with van der Waals surface area (Å²) >= 11 is 9.32. The third kappa shape index (κ3) is 5.53. The lowest BCUT2D eigenvalue weighted by Gasteiger charge is -2.16. The van der Waals surface area contributed by atoms with Gasteiger partial charge in [0.05, 0.1) is 11.3 Å². The van der Waals surface area contributed by atoms with Gasteiger partial charge in [-0.2, -0.15) is 0 Å². The summed E-state index contributed by atoms with van der Waals surface area (Å²) in [6.07, 6.45) is 0.0549. The SMILES string of the molecule is NC(=O)[C@H](Cc1cc(Cl)ccc1Br)NC(=O)Cc1cccc([N+](=O)[O-])c1. The van der Waals surface area contributed by atoms with Crippen molar-refractivity contribution >= 4 is 45.0 Å². The zero-order valence-electron chi connectivity index (χ0n) is 13.4. The van der Waals surface area contributed by atoms with Crippen molar-refractivity contribution in [3.8, 4) is 0 Å². The molecule has 2 aromatic carbocycles. The van der Waals surface area contributed by atoms with Gasteiger partial charge in [0.15, 0.2) is 0 Å². The lowest BCUT2D eigenvalue weighted by atomic mass is 10.0. The van der Waals surface area contributed by atoms with E-state index in [-0.39, 0.29) is 18.5 Å². The number of carbonyl (C=O) groups is 2. The number of amides is 2. The molecule has 26 heavy (non-hydrogen) atoms. The topological polar surface area (TPSA) is 115 Å². The summed E-state index contributed by atoms with van der Waals surface area (Å²) < 4.78 is 0.737. The number of benzene rings is 2. The Morgan fingerprint density at radius 2 is 2.00 bits per heavy atom. The summed E-state index contributed by atoms with van der Waals surface area (Å²) in [7, 11) is 0. The molecule has 0 bridgehead atoms. The van der Waals surface area contributed by atoms with Crippen LogP contribution in [0.4, 0.5) is 5.69 Å². The molecule has 7 nitrogen and oxygen atoms in total. The molecule has 0 aliphatic rings. The molecule has 2 amide bonds. The molecule has 0 saturated heterocycles. The molecular formula is C17H15BrClN3O4. The van der Waals surface area contributed by atoms with E-state index in [1.54, 1.807) is 24.3 Å². The highest BCUT2D eigenvalue weighted by Gasteiger charge is 2.20. The quantitative estimate of drug-likeness (QED) is 0.509. The molecule has 0 heterocycles. The van der Waals surface area contributed by atoms with Crippen LogP contribution in [-0.4, -0.2) is 22.8 Å². The maximum atomic E-state index is 12.2. The van der Waals surface area contributed by atoms with E-state index >= 15 is 0 Å². The van der Waals surface area contributed by atoms with Gasteiger partial charge < -0.3 is 11.1 Å². The minimum Gasteiger partial charge on any atom is -0.368 e. The summed E-state index contributed by atoms with van der Waals surface area (Å²) in [4.78, 5) is 34.2. The summed E-state index contributed by atoms with van der Waals surface area (Å²) in [5.74, 6) is -1.16. The van der Waals surface area contributed by atoms with Gasteiger partial charge in [-0.25, -0.2) is 0 Å². The van der Waals surface area contributed by atoms with Crippen molar-refractivity contribution in [2.75, 3.05) is 0 Å². The molecule has 9 heteroatoms. The fraction of sp³-hybridized carbons (Fsp3) is 0.176. The first kappa shape index (κ1) is 19.9. The number of hydrogen-bond acceptors (Lipinski definition) is 4. The highest BCUT2D eigenvalue weighted by molar-refractivity contribution is 9.10. The minimum absolute atomic E-state index is 0.107. The van der Waals surface area contributed by atoms with Crippen molar-refractivity contribution < 1.29 is 14.5 Å². The van der Waals surface area contributed by atoms with Crippen molar-refractivity contribution in [3.63, 3.8) is 0 Å². The first-order chi connectivity index (χ1) is 12.3. The number of halogens is 2. The molecule has 136 valence electrons. The summed E-state index contributed by atoms with van der Waals surface area (Å²) in [5.41, 5.74) is 6.46. The Morgan fingerprint density at radius 3 is 2.65 bits per heavy atom. The molecule has 0 unspecified atom stereocenters. The zero-order chi connectivity index (χ0) is 19.3. The predicted molar refractivity (Wildman–Crippen MR) is 101 cm³/mol. The lowest BCUT2D eigenvalue weighted by Crippen LogP contribution is -2.46. The monoisotopic (exact) mass is 439 g/mol. The largest absolute Gasteiger partial charge is 0.368 e. The van der Waals surface area contributed by atoms with Crippen LogP contribution < -0.4 is 11.1 Å². The normalized spacial score (nSPS) is 11.6. The number of nitro benzene ring substituents is 1. The second-order valence-corrected chi connectivity index (χ2v) is 6.86. The van der Waals surface area contributed by atoms with E-state index in [1.165, 1.54) is 18.2 Å². The van der Waals surface area contributed by atoms with Crippen LogP contribution in [0.25, 0.3) is 0 Å². The Kier molecular flexibility index (Phi) is 6.70. The summed E-state index contributed by atoms with van der Waals surface area (Å²) in [5, 5.41) is 13.9. The van der Waals surface area contributed by atoms with Crippen LogP contribution in [-0.2, 0) is 22.4 Å². The first-order valence-electron chi connectivity index (χ1n) is 7.52. The Hall–Kier alpha value is -2.45. The zero-order valence-corrected chi connectivity index (χ0v) is 15.8. The van der Waals surface area contributed by atoms with Gasteiger partial charge in [-0.05, 0) is 29.3 Å². The van der Waals surface area contributed by atoms with Crippen LogP contribution in [0.3, 0.4) is 0 Å². The Bertz CT molecular complexity index is 860. The number of primary amides is 1. The number of non-ortho nitro benzene ring substituents is 1. The Morgan fingerprint density at radius 1 is 1.27 bits per heavy atom. The van der Waals surface area contributed by atoms with Crippen LogP contribution >= 0.6 is 27.5 Å². The Labute approximate surface area is 162 Å². The maximum absolute atomic E-state index is 12.2. The molecule has 0 aliphatic carbocycles. The van der Waals surface area contributed by atoms with Crippen molar-refractivity contribution in [2.45, 2.75) is 18.9 Å². The fourth-order valence-corrected chi connectivity index (χ4v) is 2.96. The van der Waals surface area contributed by atoms with E-state index in [0.717, 1.165) is 10.0 Å². The predicted octanol–water partition coefficient (Wildman–Crippen LogP) is 2.77. The van der Waals surface area contributed by atoms with Gasteiger partial charge in [0.2, 0.25) is 11.8 Å². The van der Waals surface area contributed by atoms with Crippen molar-refractivity contribution in [1.82, 2.24) is 5.32 Å². The van der Waals surface area contributed by atoms with E-state index in [2.05, 4.69) is 21.2 Å². The first-order valence-corrected chi connectivity index (χ1v) is 8.69. The molecule has 0 aromatic heterocycles. The minimum atomic E-state index is -0.934. The van der Waals surface area contributed by atoms with E-state index in [9.17, 15) is 19.7 Å². The fourth-order valence-electron chi connectivity index (χ4n) is 2.35. The number of nitrogens with two attached hydrogens (primary N) is 1. The third-order valence-electron chi connectivity index (χ3n) is 3.60. The molecule has 0 saturated carbocycles. The van der Waals surface area contributed by atoms with Gasteiger partial charge in [0, 0.05) is 28.0 Å². The second kappa shape index (κ2) is 8.77. The molecule has 0 aliphatic heterocycles. The standard InChI is InChI=1S/C17H15BrClN3O4/c18-14-5-4-12(19)8-11(14)9-15(17(20)24)21-16(23)7-10-2-1-3-13(6-10)22(25)26/h1-6,8,15H,7,9H2,(H2,20,24)(H,21,23)/t15-/m0/s1. The summed E-state index contributed by atoms with van der Waals surface area (Å²) in [6.45, 7) is 0. The molecular weight excluding hydrogens is 426 g/mol. The number of nitrogens with zero attached hydrogens (tertiary/aromatic N) is 1. The second-order valence-electron chi connectivity index (χ2n) is 5.57. The molecule has 0 radical (unpaired) electrons. The Balaban J connectivity index is 2.08. The number of nitrogens with one attached hydrogen (secondary N) is 1. The van der Waals surface area contributed by atoms with Crippen molar-refractivity contribution in [1.29, 1.82) is 0 Å². The number of nitro groups is 1. The number of rotatable bonds is 7. The molecule has 1 atom stereocenters. The van der Waals surface area contributed by atoms with Gasteiger partial charge in [-0.3, -0.25) is 19.7 Å². The average Bonchev–Trinajstić information content (AvgIpc) is 2.57. The van der Waals surface area contributed by atoms with Gasteiger partial charge >= 0.3 is 0 Å². The third-order valence-corrected chi connectivity index (χ3v) is 4.61. The molecule has 3 N–H and O–H groups in total. The van der Waals surface area contributed by atoms with Gasteiger partial charge in [-0.1, -0.05) is 39.7 Å². The average molecular weight is 441 g/mol. The van der Waals surface area contributed by atoms with E-state index in [0.29, 0.717) is 10.6 Å². The van der Waals surface area contributed by atoms with Crippen LogP contribution in [0.15, 0.2) is 46.9 Å². The number of carbonyl (C=O) groups excluding carboxylic acids is 2. The molecule has 0 spiro atoms. The number of hydrogen-bond donors (Lipinski definition) is 2. The van der Waals surface area contributed by atoms with Crippen LogP contribution in [0, 0.1) is 10.1 Å². The van der Waals surface area contributed by atoms with E-state index in [4.69, 9.17) is 17.3 Å². The van der Waals surface area contributed by atoms with Crippen molar-refractivity contribution in [2.24, 2.45) is 5.73 Å².